The summed E-state index contributed by atoms with van der Waals surface area (Å²) in [7, 11) is 1.96. The van der Waals surface area contributed by atoms with Crippen molar-refractivity contribution < 1.29 is 4.79 Å². The van der Waals surface area contributed by atoms with Gasteiger partial charge < -0.3 is 9.47 Å². The molecule has 0 saturated carbocycles. The lowest BCUT2D eigenvalue weighted by atomic mass is 9.98. The van der Waals surface area contributed by atoms with E-state index in [0.29, 0.717) is 5.92 Å². The number of aryl methyl sites for hydroxylation is 1. The van der Waals surface area contributed by atoms with Crippen molar-refractivity contribution in [2.45, 2.75) is 19.3 Å². The molecule has 1 aliphatic rings. The Balaban J connectivity index is 1.77. The highest BCUT2D eigenvalue weighted by Gasteiger charge is 2.29. The van der Waals surface area contributed by atoms with E-state index in [9.17, 15) is 4.79 Å². The second-order valence-corrected chi connectivity index (χ2v) is 6.09. The Morgan fingerprint density at radius 2 is 2.05 bits per heavy atom. The number of halogens is 1. The van der Waals surface area contributed by atoms with E-state index in [-0.39, 0.29) is 5.91 Å². The van der Waals surface area contributed by atoms with Gasteiger partial charge in [-0.3, -0.25) is 4.79 Å². The van der Waals surface area contributed by atoms with E-state index in [1.54, 1.807) is 0 Å². The molecular weight excluding hydrogens is 284 g/mol. The maximum Gasteiger partial charge on any atom is 0.255 e. The van der Waals surface area contributed by atoms with E-state index in [1.807, 2.05) is 53.9 Å². The van der Waals surface area contributed by atoms with Crippen molar-refractivity contribution in [1.82, 2.24) is 9.47 Å². The molecule has 2 heterocycles. The fourth-order valence-electron chi connectivity index (χ4n) is 3.01. The molecule has 1 aromatic carbocycles. The molecule has 1 saturated heterocycles. The third kappa shape index (κ3) is 2.58. The molecule has 0 unspecified atom stereocenters. The van der Waals surface area contributed by atoms with Crippen molar-refractivity contribution in [2.24, 2.45) is 7.05 Å². The number of rotatable bonds is 2. The fraction of sp³-hybridized carbons (Fsp3) is 0.353. The number of hydrogen-bond donors (Lipinski definition) is 0. The van der Waals surface area contributed by atoms with E-state index in [1.165, 1.54) is 0 Å². The van der Waals surface area contributed by atoms with Crippen molar-refractivity contribution in [3.05, 3.63) is 58.4 Å². The van der Waals surface area contributed by atoms with Gasteiger partial charge >= 0.3 is 0 Å². The monoisotopic (exact) mass is 302 g/mol. The molecule has 0 spiro atoms. The number of amides is 1. The Morgan fingerprint density at radius 1 is 1.29 bits per heavy atom. The molecule has 0 aliphatic carbocycles. The first-order chi connectivity index (χ1) is 10.1. The van der Waals surface area contributed by atoms with Crippen LogP contribution in [0.2, 0.25) is 5.02 Å². The number of nitrogens with zero attached hydrogens (tertiary/aromatic N) is 2. The fourth-order valence-corrected chi connectivity index (χ4v) is 3.30. The summed E-state index contributed by atoms with van der Waals surface area (Å²) in [4.78, 5) is 14.6. The second-order valence-electron chi connectivity index (χ2n) is 5.68. The molecule has 110 valence electrons. The predicted octanol–water partition coefficient (Wildman–Crippen LogP) is 3.62. The van der Waals surface area contributed by atoms with Crippen molar-refractivity contribution in [3.63, 3.8) is 0 Å². The maximum atomic E-state index is 12.6. The number of aromatic nitrogens is 1. The predicted molar refractivity (Wildman–Crippen MR) is 84.9 cm³/mol. The van der Waals surface area contributed by atoms with Crippen LogP contribution in [-0.4, -0.2) is 28.5 Å². The van der Waals surface area contributed by atoms with Gasteiger partial charge in [-0.1, -0.05) is 29.8 Å². The molecular formula is C17H19ClN2O. The highest BCUT2D eigenvalue weighted by Crippen LogP contribution is 2.32. The largest absolute Gasteiger partial charge is 0.354 e. The molecule has 0 radical (unpaired) electrons. The van der Waals surface area contributed by atoms with Gasteiger partial charge in [-0.05, 0) is 31.0 Å². The van der Waals surface area contributed by atoms with Crippen LogP contribution in [-0.2, 0) is 7.05 Å². The van der Waals surface area contributed by atoms with Gasteiger partial charge in [-0.25, -0.2) is 0 Å². The summed E-state index contributed by atoms with van der Waals surface area (Å²) in [6, 6.07) is 9.84. The lowest BCUT2D eigenvalue weighted by Crippen LogP contribution is -2.28. The lowest BCUT2D eigenvalue weighted by molar-refractivity contribution is 0.0790. The third-order valence-electron chi connectivity index (χ3n) is 4.43. The average Bonchev–Trinajstić information content (AvgIpc) is 3.08. The molecule has 3 rings (SSSR count). The van der Waals surface area contributed by atoms with Gasteiger partial charge in [-0.2, -0.15) is 0 Å². The molecule has 2 aromatic rings. The van der Waals surface area contributed by atoms with Crippen molar-refractivity contribution in [2.75, 3.05) is 13.1 Å². The van der Waals surface area contributed by atoms with Crippen LogP contribution in [0, 0.1) is 6.92 Å². The molecule has 1 aromatic heterocycles. The molecule has 0 bridgehead atoms. The van der Waals surface area contributed by atoms with Crippen LogP contribution in [0.25, 0.3) is 0 Å². The number of benzene rings is 1. The Kier molecular flexibility index (Phi) is 3.77. The summed E-state index contributed by atoms with van der Waals surface area (Å²) in [5, 5.41) is 0.799. The average molecular weight is 303 g/mol. The van der Waals surface area contributed by atoms with E-state index in [0.717, 1.165) is 41.4 Å². The van der Waals surface area contributed by atoms with Gasteiger partial charge in [0.15, 0.2) is 0 Å². The minimum atomic E-state index is 0.127. The summed E-state index contributed by atoms with van der Waals surface area (Å²) in [6.45, 7) is 3.52. The Morgan fingerprint density at radius 3 is 2.71 bits per heavy atom. The zero-order valence-corrected chi connectivity index (χ0v) is 13.1. The molecule has 0 N–H and O–H groups in total. The van der Waals surface area contributed by atoms with Crippen LogP contribution in [0.4, 0.5) is 0 Å². The van der Waals surface area contributed by atoms with Crippen molar-refractivity contribution in [3.8, 4) is 0 Å². The zero-order chi connectivity index (χ0) is 15.0. The van der Waals surface area contributed by atoms with Gasteiger partial charge in [0, 0.05) is 43.0 Å². The molecule has 3 nitrogen and oxygen atoms in total. The highest BCUT2D eigenvalue weighted by molar-refractivity contribution is 6.31. The smallest absolute Gasteiger partial charge is 0.255 e. The van der Waals surface area contributed by atoms with Gasteiger partial charge in [0.05, 0.1) is 5.56 Å². The summed E-state index contributed by atoms with van der Waals surface area (Å²) in [6.07, 6.45) is 2.91. The van der Waals surface area contributed by atoms with E-state index in [2.05, 4.69) is 6.07 Å². The number of hydrogen-bond acceptors (Lipinski definition) is 1. The van der Waals surface area contributed by atoms with E-state index >= 15 is 0 Å². The summed E-state index contributed by atoms with van der Waals surface area (Å²) >= 11 is 6.27. The highest BCUT2D eigenvalue weighted by atomic mass is 35.5. The van der Waals surface area contributed by atoms with Crippen LogP contribution >= 0.6 is 11.6 Å². The van der Waals surface area contributed by atoms with Gasteiger partial charge in [0.2, 0.25) is 0 Å². The minimum absolute atomic E-state index is 0.127. The molecule has 1 atom stereocenters. The van der Waals surface area contributed by atoms with Gasteiger partial charge in [0.25, 0.3) is 5.91 Å². The molecule has 21 heavy (non-hydrogen) atoms. The van der Waals surface area contributed by atoms with Crippen molar-refractivity contribution in [1.29, 1.82) is 0 Å². The van der Waals surface area contributed by atoms with Crippen LogP contribution in [0.3, 0.4) is 0 Å². The third-order valence-corrected chi connectivity index (χ3v) is 4.78. The summed E-state index contributed by atoms with van der Waals surface area (Å²) < 4.78 is 1.98. The first-order valence-electron chi connectivity index (χ1n) is 7.23. The first-order valence-corrected chi connectivity index (χ1v) is 7.61. The summed E-state index contributed by atoms with van der Waals surface area (Å²) in [5.74, 6) is 0.467. The first kappa shape index (κ1) is 14.2. The van der Waals surface area contributed by atoms with Crippen LogP contribution < -0.4 is 0 Å². The minimum Gasteiger partial charge on any atom is -0.354 e. The Labute approximate surface area is 130 Å². The topological polar surface area (TPSA) is 25.2 Å². The molecule has 1 amide bonds. The SMILES string of the molecule is Cc1c(C(=O)N2CC[C@@H](c3ccccc3Cl)C2)ccn1C. The van der Waals surface area contributed by atoms with Crippen LogP contribution in [0.15, 0.2) is 36.5 Å². The number of likely N-dealkylation sites (tertiary alicyclic amines) is 1. The maximum absolute atomic E-state index is 12.6. The standard InChI is InChI=1S/C17H19ClN2O/c1-12-14(8-9-19(12)2)17(21)20-10-7-13(11-20)15-5-3-4-6-16(15)18/h3-6,8-9,13H,7,10-11H2,1-2H3/t13-/m1/s1. The van der Waals surface area contributed by atoms with Crippen LogP contribution in [0.1, 0.15) is 34.0 Å². The second kappa shape index (κ2) is 5.57. The molecule has 1 fully saturated rings. The summed E-state index contributed by atoms with van der Waals surface area (Å²) in [5.41, 5.74) is 2.97. The van der Waals surface area contributed by atoms with Crippen LogP contribution in [0.5, 0.6) is 0 Å². The number of carbonyl (C=O) groups excluding carboxylic acids is 1. The zero-order valence-electron chi connectivity index (χ0n) is 12.3. The quantitative estimate of drug-likeness (QED) is 0.832. The lowest BCUT2D eigenvalue weighted by Gasteiger charge is -2.17. The van der Waals surface area contributed by atoms with Crippen molar-refractivity contribution >= 4 is 17.5 Å². The normalized spacial score (nSPS) is 18.2. The molecule has 4 heteroatoms. The van der Waals surface area contributed by atoms with E-state index in [4.69, 9.17) is 11.6 Å². The Hall–Kier alpha value is -1.74. The van der Waals surface area contributed by atoms with Gasteiger partial charge in [0.1, 0.15) is 0 Å². The Bertz CT molecular complexity index is 677. The number of carbonyl (C=O) groups is 1. The van der Waals surface area contributed by atoms with E-state index < -0.39 is 0 Å². The molecule has 1 aliphatic heterocycles. The van der Waals surface area contributed by atoms with Gasteiger partial charge in [-0.15, -0.1) is 0 Å².